The molecular formula is C14H10N6O2S2. The number of nitrogens with zero attached hydrogens (tertiary/aromatic N) is 4. The Bertz CT molecular complexity index is 1140. The molecule has 0 aliphatic rings. The van der Waals surface area contributed by atoms with E-state index < -0.39 is 10.0 Å². The van der Waals surface area contributed by atoms with Crippen molar-refractivity contribution in [2.24, 2.45) is 5.14 Å². The summed E-state index contributed by atoms with van der Waals surface area (Å²) in [6, 6.07) is 10.5. The van der Waals surface area contributed by atoms with Crippen LogP contribution in [0.1, 0.15) is 0 Å². The number of rotatable bonds is 3. The van der Waals surface area contributed by atoms with Crippen molar-refractivity contribution in [1.29, 1.82) is 0 Å². The molecule has 0 spiro atoms. The Kier molecular flexibility index (Phi) is 3.37. The number of nitrogens with one attached hydrogen (secondary N) is 1. The molecule has 8 nitrogen and oxygen atoms in total. The molecule has 10 heteroatoms. The molecule has 2 aromatic carbocycles. The maximum Gasteiger partial charge on any atom is 0.238 e. The normalized spacial score (nSPS) is 11.9. The third kappa shape index (κ3) is 2.37. The van der Waals surface area contributed by atoms with Crippen molar-refractivity contribution in [3.8, 4) is 22.5 Å². The highest BCUT2D eigenvalue weighted by Gasteiger charge is 2.23. The summed E-state index contributed by atoms with van der Waals surface area (Å²) in [4.78, 5) is 4.32. The molecule has 4 aromatic rings. The van der Waals surface area contributed by atoms with Crippen molar-refractivity contribution >= 4 is 31.6 Å². The first kappa shape index (κ1) is 14.9. The van der Waals surface area contributed by atoms with Crippen molar-refractivity contribution in [3.63, 3.8) is 0 Å². The van der Waals surface area contributed by atoms with E-state index >= 15 is 0 Å². The Balaban J connectivity index is 2.12. The molecule has 2 heterocycles. The van der Waals surface area contributed by atoms with Crippen LogP contribution in [0.15, 0.2) is 46.8 Å². The van der Waals surface area contributed by atoms with Gasteiger partial charge in [0, 0.05) is 5.56 Å². The number of benzene rings is 2. The van der Waals surface area contributed by atoms with E-state index in [1.165, 1.54) is 17.4 Å². The summed E-state index contributed by atoms with van der Waals surface area (Å²) in [6.45, 7) is 0. The Morgan fingerprint density at radius 2 is 1.88 bits per heavy atom. The van der Waals surface area contributed by atoms with Crippen molar-refractivity contribution in [1.82, 2.24) is 25.6 Å². The van der Waals surface area contributed by atoms with Gasteiger partial charge >= 0.3 is 0 Å². The topological polar surface area (TPSA) is 128 Å². The molecule has 0 amide bonds. The second kappa shape index (κ2) is 5.44. The van der Waals surface area contributed by atoms with E-state index in [4.69, 9.17) is 5.14 Å². The average molecular weight is 358 g/mol. The summed E-state index contributed by atoms with van der Waals surface area (Å²) in [6.07, 6.45) is 0. The number of fused-ring (bicyclic) bond motifs is 1. The minimum atomic E-state index is -3.97. The summed E-state index contributed by atoms with van der Waals surface area (Å²) in [5, 5.41) is 19.1. The van der Waals surface area contributed by atoms with Gasteiger partial charge in [-0.2, -0.15) is 5.21 Å². The van der Waals surface area contributed by atoms with E-state index in [0.29, 0.717) is 11.1 Å². The molecule has 0 aliphatic heterocycles. The maximum atomic E-state index is 12.0. The minimum absolute atomic E-state index is 0.0615. The first-order chi connectivity index (χ1) is 11.6. The number of hydrogen-bond acceptors (Lipinski definition) is 7. The summed E-state index contributed by atoms with van der Waals surface area (Å²) >= 11 is 1.51. The number of para-hydroxylation sites is 1. The number of H-pyrrole nitrogens is 1. The molecule has 0 atom stereocenters. The van der Waals surface area contributed by atoms with Gasteiger partial charge in [-0.3, -0.25) is 0 Å². The Morgan fingerprint density at radius 1 is 1.08 bits per heavy atom. The van der Waals surface area contributed by atoms with Crippen LogP contribution in [0.3, 0.4) is 0 Å². The van der Waals surface area contributed by atoms with Crippen LogP contribution in [0, 0.1) is 0 Å². The molecule has 0 fully saturated rings. The molecule has 0 saturated carbocycles. The lowest BCUT2D eigenvalue weighted by Gasteiger charge is -2.11. The highest BCUT2D eigenvalue weighted by atomic mass is 32.2. The lowest BCUT2D eigenvalue weighted by Crippen LogP contribution is -2.14. The number of nitrogens with two attached hydrogens (primary N) is 1. The van der Waals surface area contributed by atoms with Crippen molar-refractivity contribution < 1.29 is 8.42 Å². The highest BCUT2D eigenvalue weighted by molar-refractivity contribution is 7.89. The molecule has 0 radical (unpaired) electrons. The van der Waals surface area contributed by atoms with Crippen LogP contribution in [-0.4, -0.2) is 34.0 Å². The van der Waals surface area contributed by atoms with Crippen molar-refractivity contribution in [2.45, 2.75) is 4.90 Å². The lowest BCUT2D eigenvalue weighted by atomic mass is 9.98. The Hall–Kier alpha value is -2.69. The Morgan fingerprint density at radius 3 is 2.62 bits per heavy atom. The van der Waals surface area contributed by atoms with E-state index in [-0.39, 0.29) is 10.7 Å². The predicted molar refractivity (Wildman–Crippen MR) is 89.6 cm³/mol. The summed E-state index contributed by atoms with van der Waals surface area (Å²) in [5.41, 5.74) is 4.22. The standard InChI is InChI=1S/C14H10N6O2S2/c15-24(21,22)11-6-2-3-8(12(11)14-17-19-20-18-14)9-4-1-5-10-13(9)16-7-23-10/h1-7H,(H2,15,21,22)(H,17,18,19,20). The summed E-state index contributed by atoms with van der Waals surface area (Å²) < 4.78 is 25.0. The minimum Gasteiger partial charge on any atom is -0.244 e. The SMILES string of the molecule is NS(=O)(=O)c1cccc(-c2cccc3scnc23)c1-c1nn[nH]n1. The van der Waals surface area contributed by atoms with Gasteiger partial charge in [0.05, 0.1) is 26.2 Å². The second-order valence-electron chi connectivity index (χ2n) is 4.96. The zero-order chi connectivity index (χ0) is 16.7. The quantitative estimate of drug-likeness (QED) is 0.575. The number of aromatic nitrogens is 5. The molecule has 24 heavy (non-hydrogen) atoms. The van der Waals surface area contributed by atoms with Crippen LogP contribution in [0.4, 0.5) is 0 Å². The zero-order valence-corrected chi connectivity index (χ0v) is 13.7. The van der Waals surface area contributed by atoms with Gasteiger partial charge in [-0.25, -0.2) is 18.5 Å². The van der Waals surface area contributed by atoms with E-state index in [1.54, 1.807) is 17.6 Å². The number of aromatic amines is 1. The van der Waals surface area contributed by atoms with Gasteiger partial charge in [-0.05, 0) is 22.9 Å². The molecule has 3 N–H and O–H groups in total. The van der Waals surface area contributed by atoms with Crippen molar-refractivity contribution in [3.05, 3.63) is 41.9 Å². The molecule has 0 bridgehead atoms. The third-order valence-electron chi connectivity index (χ3n) is 3.55. The second-order valence-corrected chi connectivity index (χ2v) is 7.38. The van der Waals surface area contributed by atoms with Crippen LogP contribution in [-0.2, 0) is 10.0 Å². The first-order valence-electron chi connectivity index (χ1n) is 6.78. The van der Waals surface area contributed by atoms with E-state index in [9.17, 15) is 8.42 Å². The number of hydrogen-bond donors (Lipinski definition) is 2. The number of thiazole rings is 1. The van der Waals surface area contributed by atoms with Gasteiger partial charge in [0.25, 0.3) is 0 Å². The average Bonchev–Trinajstić information content (AvgIpc) is 3.24. The van der Waals surface area contributed by atoms with Gasteiger partial charge in [-0.15, -0.1) is 21.5 Å². The number of tetrazole rings is 1. The monoisotopic (exact) mass is 358 g/mol. The Labute approximate surface area is 140 Å². The van der Waals surface area contributed by atoms with E-state index in [1.807, 2.05) is 18.2 Å². The molecule has 4 rings (SSSR count). The van der Waals surface area contributed by atoms with Crippen LogP contribution < -0.4 is 5.14 Å². The molecule has 0 saturated heterocycles. The summed E-state index contributed by atoms with van der Waals surface area (Å²) in [7, 11) is -3.97. The largest absolute Gasteiger partial charge is 0.244 e. The van der Waals surface area contributed by atoms with Gasteiger partial charge < -0.3 is 0 Å². The molecular weight excluding hydrogens is 348 g/mol. The lowest BCUT2D eigenvalue weighted by molar-refractivity contribution is 0.598. The molecule has 0 unspecified atom stereocenters. The van der Waals surface area contributed by atoms with E-state index in [0.717, 1.165) is 15.8 Å². The van der Waals surface area contributed by atoms with Crippen LogP contribution in [0.2, 0.25) is 0 Å². The van der Waals surface area contributed by atoms with Crippen LogP contribution >= 0.6 is 11.3 Å². The maximum absolute atomic E-state index is 12.0. The predicted octanol–water partition coefficient (Wildman–Crippen LogP) is 1.79. The van der Waals surface area contributed by atoms with Crippen molar-refractivity contribution in [2.75, 3.05) is 0 Å². The fourth-order valence-corrected chi connectivity index (χ4v) is 4.05. The smallest absolute Gasteiger partial charge is 0.238 e. The highest BCUT2D eigenvalue weighted by Crippen LogP contribution is 2.38. The van der Waals surface area contributed by atoms with Gasteiger partial charge in [0.15, 0.2) is 0 Å². The number of sulfonamides is 1. The fraction of sp³-hybridized carbons (Fsp3) is 0. The zero-order valence-electron chi connectivity index (χ0n) is 12.0. The number of primary sulfonamides is 1. The van der Waals surface area contributed by atoms with Crippen LogP contribution in [0.25, 0.3) is 32.7 Å². The first-order valence-corrected chi connectivity index (χ1v) is 9.20. The third-order valence-corrected chi connectivity index (χ3v) is 5.30. The van der Waals surface area contributed by atoms with Gasteiger partial charge in [0.1, 0.15) is 0 Å². The molecule has 120 valence electrons. The molecule has 0 aliphatic carbocycles. The van der Waals surface area contributed by atoms with Crippen LogP contribution in [0.5, 0.6) is 0 Å². The van der Waals surface area contributed by atoms with E-state index in [2.05, 4.69) is 25.6 Å². The summed E-state index contributed by atoms with van der Waals surface area (Å²) in [5.74, 6) is 0.154. The molecule has 2 aromatic heterocycles. The fourth-order valence-electron chi connectivity index (χ4n) is 2.59. The van der Waals surface area contributed by atoms with Gasteiger partial charge in [-0.1, -0.05) is 24.3 Å². The van der Waals surface area contributed by atoms with Gasteiger partial charge in [0.2, 0.25) is 15.8 Å².